The number of halogens is 1. The highest BCUT2D eigenvalue weighted by atomic mass is 19.1. The summed E-state index contributed by atoms with van der Waals surface area (Å²) in [5.74, 6) is 0.101. The minimum atomic E-state index is -0.166. The lowest BCUT2D eigenvalue weighted by atomic mass is 10.0. The molecule has 0 aliphatic carbocycles. The first kappa shape index (κ1) is 16.4. The molecule has 0 saturated carbocycles. The number of carbonyl (C=O) groups excluding carboxylic acids is 1. The van der Waals surface area contributed by atoms with Gasteiger partial charge in [0.1, 0.15) is 5.82 Å². The van der Waals surface area contributed by atoms with Gasteiger partial charge in [-0.05, 0) is 43.5 Å². The molecule has 1 unspecified atom stereocenters. The highest BCUT2D eigenvalue weighted by molar-refractivity contribution is 5.76. The number of nitrogens with one attached hydrogen (secondary N) is 1. The molecule has 4 nitrogen and oxygen atoms in total. The Morgan fingerprint density at radius 1 is 1.26 bits per heavy atom. The van der Waals surface area contributed by atoms with Gasteiger partial charge in [0.15, 0.2) is 0 Å². The van der Waals surface area contributed by atoms with Gasteiger partial charge in [0.05, 0.1) is 0 Å². The van der Waals surface area contributed by atoms with E-state index < -0.39 is 0 Å². The van der Waals surface area contributed by atoms with Gasteiger partial charge in [0.2, 0.25) is 5.91 Å². The molecule has 3 rings (SSSR count). The Balaban J connectivity index is 1.49. The van der Waals surface area contributed by atoms with E-state index >= 15 is 0 Å². The van der Waals surface area contributed by atoms with Crippen molar-refractivity contribution in [2.24, 2.45) is 0 Å². The number of amides is 1. The minimum absolute atomic E-state index is 0.166. The summed E-state index contributed by atoms with van der Waals surface area (Å²) in [6.07, 6.45) is 3.78. The van der Waals surface area contributed by atoms with Crippen LogP contribution in [0, 0.1) is 5.82 Å². The van der Waals surface area contributed by atoms with Crippen molar-refractivity contribution >= 4 is 5.91 Å². The summed E-state index contributed by atoms with van der Waals surface area (Å²) >= 11 is 0. The van der Waals surface area contributed by atoms with Crippen molar-refractivity contribution in [2.45, 2.75) is 31.7 Å². The zero-order valence-corrected chi connectivity index (χ0v) is 13.6. The number of hydrogen-bond acceptors (Lipinski definition) is 3. The second-order valence-electron chi connectivity index (χ2n) is 6.55. The van der Waals surface area contributed by atoms with Gasteiger partial charge in [-0.1, -0.05) is 12.1 Å². The normalized spacial score (nSPS) is 22.5. The van der Waals surface area contributed by atoms with Gasteiger partial charge in [-0.3, -0.25) is 9.69 Å². The van der Waals surface area contributed by atoms with E-state index in [9.17, 15) is 9.18 Å². The van der Waals surface area contributed by atoms with Crippen LogP contribution in [0.25, 0.3) is 0 Å². The molecule has 126 valence electrons. The first-order valence-electron chi connectivity index (χ1n) is 8.69. The molecule has 1 amide bonds. The third-order valence-electron chi connectivity index (χ3n) is 4.94. The van der Waals surface area contributed by atoms with Crippen LogP contribution < -0.4 is 5.32 Å². The number of rotatable bonds is 5. The second kappa shape index (κ2) is 7.88. The second-order valence-corrected chi connectivity index (χ2v) is 6.55. The Morgan fingerprint density at radius 3 is 2.87 bits per heavy atom. The molecular formula is C18H26FN3O. The zero-order chi connectivity index (χ0) is 16.1. The van der Waals surface area contributed by atoms with E-state index in [-0.39, 0.29) is 11.7 Å². The smallest absolute Gasteiger partial charge is 0.223 e. The Morgan fingerprint density at radius 2 is 2.09 bits per heavy atom. The molecule has 0 bridgehead atoms. The maximum Gasteiger partial charge on any atom is 0.223 e. The fraction of sp³-hybridized carbons (Fsp3) is 0.611. The molecule has 1 atom stereocenters. The van der Waals surface area contributed by atoms with Crippen molar-refractivity contribution in [3.05, 3.63) is 35.6 Å². The largest absolute Gasteiger partial charge is 0.340 e. The number of carbonyl (C=O) groups is 1. The summed E-state index contributed by atoms with van der Waals surface area (Å²) in [6.45, 7) is 5.32. The summed E-state index contributed by atoms with van der Waals surface area (Å²) in [5.41, 5.74) is 1.05. The van der Waals surface area contributed by atoms with E-state index in [4.69, 9.17) is 0 Å². The van der Waals surface area contributed by atoms with Crippen molar-refractivity contribution in [1.82, 2.24) is 15.1 Å². The van der Waals surface area contributed by atoms with Crippen LogP contribution in [0.2, 0.25) is 0 Å². The summed E-state index contributed by atoms with van der Waals surface area (Å²) in [5, 5.41) is 3.27. The average Bonchev–Trinajstić information content (AvgIpc) is 3.00. The minimum Gasteiger partial charge on any atom is -0.340 e. The van der Waals surface area contributed by atoms with Gasteiger partial charge in [-0.2, -0.15) is 0 Å². The molecule has 2 saturated heterocycles. The van der Waals surface area contributed by atoms with Crippen molar-refractivity contribution in [3.8, 4) is 0 Å². The molecule has 23 heavy (non-hydrogen) atoms. The summed E-state index contributed by atoms with van der Waals surface area (Å²) < 4.78 is 13.3. The first-order valence-corrected chi connectivity index (χ1v) is 8.69. The molecule has 2 fully saturated rings. The van der Waals surface area contributed by atoms with Crippen LogP contribution in [0.1, 0.15) is 24.8 Å². The Hall–Kier alpha value is -1.46. The Kier molecular flexibility index (Phi) is 5.62. The molecule has 2 heterocycles. The number of likely N-dealkylation sites (tertiary alicyclic amines) is 1. The van der Waals surface area contributed by atoms with Crippen LogP contribution in [-0.2, 0) is 11.2 Å². The number of hydrogen-bond donors (Lipinski definition) is 1. The van der Waals surface area contributed by atoms with Gasteiger partial charge < -0.3 is 10.2 Å². The third kappa shape index (κ3) is 4.52. The van der Waals surface area contributed by atoms with Gasteiger partial charge in [0.25, 0.3) is 0 Å². The fourth-order valence-electron chi connectivity index (χ4n) is 3.67. The molecule has 0 spiro atoms. The van der Waals surface area contributed by atoms with Crippen LogP contribution in [0.3, 0.4) is 0 Å². The van der Waals surface area contributed by atoms with E-state index in [0.717, 1.165) is 57.7 Å². The fourth-order valence-corrected chi connectivity index (χ4v) is 3.67. The number of piperazine rings is 1. The number of benzene rings is 1. The summed E-state index contributed by atoms with van der Waals surface area (Å²) in [6, 6.07) is 7.32. The summed E-state index contributed by atoms with van der Waals surface area (Å²) in [4.78, 5) is 16.7. The average molecular weight is 319 g/mol. The van der Waals surface area contributed by atoms with E-state index in [1.807, 2.05) is 11.0 Å². The van der Waals surface area contributed by atoms with Crippen LogP contribution >= 0.6 is 0 Å². The van der Waals surface area contributed by atoms with Gasteiger partial charge >= 0.3 is 0 Å². The van der Waals surface area contributed by atoms with Crippen LogP contribution in [0.5, 0.6) is 0 Å². The van der Waals surface area contributed by atoms with Crippen LogP contribution in [-0.4, -0.2) is 61.0 Å². The highest BCUT2D eigenvalue weighted by Crippen LogP contribution is 2.22. The maximum atomic E-state index is 13.3. The molecule has 1 aromatic rings. The van der Waals surface area contributed by atoms with E-state index in [2.05, 4.69) is 10.2 Å². The molecule has 1 aromatic carbocycles. The molecule has 0 aromatic heterocycles. The predicted molar refractivity (Wildman–Crippen MR) is 88.8 cm³/mol. The Bertz CT molecular complexity index is 531. The Labute approximate surface area is 137 Å². The molecule has 1 N–H and O–H groups in total. The molecular weight excluding hydrogens is 293 g/mol. The number of nitrogens with zero attached hydrogens (tertiary/aromatic N) is 2. The lowest BCUT2D eigenvalue weighted by Crippen LogP contribution is -2.47. The van der Waals surface area contributed by atoms with Crippen molar-refractivity contribution < 1.29 is 9.18 Å². The SMILES string of the molecule is O=C(CCN1CCCC1Cc1cccc(F)c1)N1CCNCC1. The topological polar surface area (TPSA) is 35.6 Å². The quantitative estimate of drug-likeness (QED) is 0.896. The van der Waals surface area contributed by atoms with E-state index in [1.165, 1.54) is 12.5 Å². The molecule has 5 heteroatoms. The zero-order valence-electron chi connectivity index (χ0n) is 13.6. The van der Waals surface area contributed by atoms with E-state index in [1.54, 1.807) is 12.1 Å². The monoisotopic (exact) mass is 319 g/mol. The van der Waals surface area contributed by atoms with Crippen LogP contribution in [0.4, 0.5) is 4.39 Å². The van der Waals surface area contributed by atoms with Crippen molar-refractivity contribution in [1.29, 1.82) is 0 Å². The van der Waals surface area contributed by atoms with Gasteiger partial charge in [-0.25, -0.2) is 4.39 Å². The highest BCUT2D eigenvalue weighted by Gasteiger charge is 2.26. The summed E-state index contributed by atoms with van der Waals surface area (Å²) in [7, 11) is 0. The third-order valence-corrected chi connectivity index (χ3v) is 4.94. The predicted octanol–water partition coefficient (Wildman–Crippen LogP) is 1.65. The lowest BCUT2D eigenvalue weighted by molar-refractivity contribution is -0.132. The lowest BCUT2D eigenvalue weighted by Gasteiger charge is -2.29. The van der Waals surface area contributed by atoms with Gasteiger partial charge in [0, 0.05) is 45.2 Å². The van der Waals surface area contributed by atoms with Crippen molar-refractivity contribution in [3.63, 3.8) is 0 Å². The van der Waals surface area contributed by atoms with Crippen molar-refractivity contribution in [2.75, 3.05) is 39.3 Å². The van der Waals surface area contributed by atoms with Gasteiger partial charge in [-0.15, -0.1) is 0 Å². The molecule has 2 aliphatic heterocycles. The van der Waals surface area contributed by atoms with Crippen LogP contribution in [0.15, 0.2) is 24.3 Å². The molecule has 0 radical (unpaired) electrons. The first-order chi connectivity index (χ1) is 11.2. The van der Waals surface area contributed by atoms with E-state index in [0.29, 0.717) is 12.5 Å². The molecule has 2 aliphatic rings. The maximum absolute atomic E-state index is 13.3. The standard InChI is InChI=1S/C18H26FN3O/c19-16-4-1-3-15(13-16)14-17-5-2-9-21(17)10-6-18(23)22-11-7-20-8-12-22/h1,3-4,13,17,20H,2,5-12,14H2.